The van der Waals surface area contributed by atoms with Crippen molar-refractivity contribution in [3.63, 3.8) is 0 Å². The number of benzene rings is 2. The molecule has 0 bridgehead atoms. The summed E-state index contributed by atoms with van der Waals surface area (Å²) in [4.78, 5) is 49.3. The number of fused-ring (bicyclic) bond motifs is 1. The third-order valence-electron chi connectivity index (χ3n) is 5.81. The van der Waals surface area contributed by atoms with Gasteiger partial charge in [-0.15, -0.1) is 0 Å². The number of nitrogens with one attached hydrogen (secondary N) is 1. The molecule has 1 aliphatic rings. The number of hydrogen-bond donors (Lipinski definition) is 4. The molecule has 13 nitrogen and oxygen atoms in total. The lowest BCUT2D eigenvalue weighted by Crippen LogP contribution is -2.60. The third-order valence-corrected chi connectivity index (χ3v) is 5.81. The average molecular weight is 532 g/mol. The number of hydrogen-bond acceptors (Lipinski definition) is 11. The monoisotopic (exact) mass is 531 g/mol. The molecule has 204 valence electrons. The fourth-order valence-electron chi connectivity index (χ4n) is 3.67. The van der Waals surface area contributed by atoms with Crippen LogP contribution in [-0.4, -0.2) is 67.2 Å². The Morgan fingerprint density at radius 1 is 1.05 bits per heavy atom. The van der Waals surface area contributed by atoms with Crippen LogP contribution in [0, 0.1) is 5.92 Å². The van der Waals surface area contributed by atoms with Crippen LogP contribution >= 0.6 is 0 Å². The maximum Gasteiger partial charge on any atom is 0.383 e. The van der Waals surface area contributed by atoms with E-state index in [1.165, 1.54) is 14.0 Å². The highest BCUT2D eigenvalue weighted by atomic mass is 16.7. The number of nitrogens with two attached hydrogens (primary N) is 2. The summed E-state index contributed by atoms with van der Waals surface area (Å²) >= 11 is 0. The van der Waals surface area contributed by atoms with Crippen LogP contribution in [0.3, 0.4) is 0 Å². The van der Waals surface area contributed by atoms with Gasteiger partial charge in [0.2, 0.25) is 12.7 Å². The Labute approximate surface area is 217 Å². The predicted molar refractivity (Wildman–Crippen MR) is 130 cm³/mol. The fourth-order valence-corrected chi connectivity index (χ4v) is 3.67. The molecule has 4 unspecified atom stereocenters. The molecule has 13 heteroatoms. The maximum absolute atomic E-state index is 12.8. The smallest absolute Gasteiger partial charge is 0.383 e. The van der Waals surface area contributed by atoms with Crippen LogP contribution in [0.15, 0.2) is 48.5 Å². The van der Waals surface area contributed by atoms with Crippen LogP contribution < -0.4 is 31.0 Å². The number of esters is 2. The van der Waals surface area contributed by atoms with Crippen molar-refractivity contribution in [1.82, 2.24) is 5.32 Å². The Balaban J connectivity index is 1.72. The third kappa shape index (κ3) is 7.18. The van der Waals surface area contributed by atoms with E-state index in [2.05, 4.69) is 5.32 Å². The highest BCUT2D eigenvalue weighted by Gasteiger charge is 2.38. The minimum absolute atomic E-state index is 0.0492. The number of primary amides is 1. The zero-order valence-electron chi connectivity index (χ0n) is 20.7. The standard InChI is InChI=1S/C25H29N3O10/c1-13(21(27)29)20(28-16(22(30)31)10-14-8-9-17-18(11-14)36-12-35-17)19(26)23(32)38-24(33)25(34-2)37-15-6-4-3-5-7-15/h3-9,11,13,16,19-20,25,28H,10,12,26H2,1-2H3,(H2,27,29)(H,30,31)/t13?,16?,19-,20?,25?/m0/s1. The number of ether oxygens (including phenoxy) is 5. The van der Waals surface area contributed by atoms with Gasteiger partial charge in [0.15, 0.2) is 11.5 Å². The van der Waals surface area contributed by atoms with Crippen molar-refractivity contribution in [2.24, 2.45) is 17.4 Å². The van der Waals surface area contributed by atoms with Crippen LogP contribution in [0.25, 0.3) is 0 Å². The summed E-state index contributed by atoms with van der Waals surface area (Å²) in [5.41, 5.74) is 12.1. The maximum atomic E-state index is 12.8. The number of carbonyl (C=O) groups is 4. The predicted octanol–water partition coefficient (Wildman–Crippen LogP) is -0.0608. The zero-order valence-corrected chi connectivity index (χ0v) is 20.7. The number of amides is 1. The van der Waals surface area contributed by atoms with E-state index < -0.39 is 54.1 Å². The van der Waals surface area contributed by atoms with Crippen LogP contribution in [0.4, 0.5) is 0 Å². The van der Waals surface area contributed by atoms with Crippen LogP contribution in [0.1, 0.15) is 12.5 Å². The molecule has 0 saturated heterocycles. The molecule has 1 heterocycles. The van der Waals surface area contributed by atoms with E-state index in [1.807, 2.05) is 0 Å². The minimum Gasteiger partial charge on any atom is -0.480 e. The van der Waals surface area contributed by atoms with Crippen molar-refractivity contribution >= 4 is 23.8 Å². The molecule has 3 rings (SSSR count). The van der Waals surface area contributed by atoms with E-state index in [0.29, 0.717) is 17.1 Å². The lowest BCUT2D eigenvalue weighted by atomic mass is 9.92. The Bertz CT molecular complexity index is 1160. The van der Waals surface area contributed by atoms with Gasteiger partial charge in [-0.2, -0.15) is 0 Å². The van der Waals surface area contributed by atoms with E-state index in [4.69, 9.17) is 35.2 Å². The Hall–Kier alpha value is -4.20. The zero-order chi connectivity index (χ0) is 27.8. The number of carboxylic acids is 1. The Morgan fingerprint density at radius 3 is 2.37 bits per heavy atom. The van der Waals surface area contributed by atoms with Crippen molar-refractivity contribution in [3.8, 4) is 17.2 Å². The van der Waals surface area contributed by atoms with Crippen molar-refractivity contribution in [1.29, 1.82) is 0 Å². The number of para-hydroxylation sites is 1. The molecule has 0 radical (unpaired) electrons. The molecular formula is C25H29N3O10. The van der Waals surface area contributed by atoms with Crippen LogP contribution in [0.5, 0.6) is 17.2 Å². The largest absolute Gasteiger partial charge is 0.480 e. The molecule has 38 heavy (non-hydrogen) atoms. The molecule has 0 spiro atoms. The van der Waals surface area contributed by atoms with Crippen molar-refractivity contribution in [3.05, 3.63) is 54.1 Å². The first-order valence-electron chi connectivity index (χ1n) is 11.5. The van der Waals surface area contributed by atoms with E-state index in [1.54, 1.807) is 48.5 Å². The second-order valence-corrected chi connectivity index (χ2v) is 8.43. The lowest BCUT2D eigenvalue weighted by molar-refractivity contribution is -0.181. The van der Waals surface area contributed by atoms with Crippen molar-refractivity contribution in [2.75, 3.05) is 13.9 Å². The van der Waals surface area contributed by atoms with E-state index >= 15 is 0 Å². The van der Waals surface area contributed by atoms with Gasteiger partial charge in [-0.3, -0.25) is 14.9 Å². The molecular weight excluding hydrogens is 502 g/mol. The molecule has 2 aromatic carbocycles. The summed E-state index contributed by atoms with van der Waals surface area (Å²) in [5, 5.41) is 12.5. The van der Waals surface area contributed by atoms with Crippen LogP contribution in [0.2, 0.25) is 0 Å². The summed E-state index contributed by atoms with van der Waals surface area (Å²) in [7, 11) is 1.17. The Kier molecular flexibility index (Phi) is 9.60. The summed E-state index contributed by atoms with van der Waals surface area (Å²) in [6, 6.07) is 8.84. The van der Waals surface area contributed by atoms with E-state index in [-0.39, 0.29) is 19.0 Å². The molecule has 1 amide bonds. The molecule has 1 aliphatic heterocycles. The molecule has 0 aliphatic carbocycles. The molecule has 5 atom stereocenters. The second-order valence-electron chi connectivity index (χ2n) is 8.43. The van der Waals surface area contributed by atoms with Gasteiger partial charge in [0.25, 0.3) is 6.29 Å². The second kappa shape index (κ2) is 12.9. The lowest BCUT2D eigenvalue weighted by Gasteiger charge is -2.30. The molecule has 2 aromatic rings. The molecule has 0 saturated carbocycles. The first kappa shape index (κ1) is 28.4. The van der Waals surface area contributed by atoms with Gasteiger partial charge in [0.1, 0.15) is 17.8 Å². The van der Waals surface area contributed by atoms with Gasteiger partial charge in [-0.25, -0.2) is 9.59 Å². The number of methoxy groups -OCH3 is 1. The minimum atomic E-state index is -1.66. The normalized spacial score (nSPS) is 16.0. The van der Waals surface area contributed by atoms with Gasteiger partial charge >= 0.3 is 17.9 Å². The quantitative estimate of drug-likeness (QED) is 0.153. The molecule has 0 fully saturated rings. The number of aliphatic carboxylic acids is 1. The van der Waals surface area contributed by atoms with Crippen LogP contribution in [-0.2, 0) is 35.1 Å². The highest BCUT2D eigenvalue weighted by molar-refractivity contribution is 5.91. The summed E-state index contributed by atoms with van der Waals surface area (Å²) in [6.07, 6.45) is -1.66. The first-order chi connectivity index (χ1) is 18.1. The topological polar surface area (TPSA) is 199 Å². The number of carboxylic acid groups (broad SMARTS) is 1. The van der Waals surface area contributed by atoms with Gasteiger partial charge < -0.3 is 40.3 Å². The summed E-state index contributed by atoms with van der Waals surface area (Å²) in [5.74, 6) is -4.44. The van der Waals surface area contributed by atoms with Gasteiger partial charge in [0.05, 0.1) is 5.92 Å². The number of rotatable bonds is 13. The molecule has 0 aromatic heterocycles. The average Bonchev–Trinajstić information content (AvgIpc) is 3.37. The van der Waals surface area contributed by atoms with Gasteiger partial charge in [0, 0.05) is 13.2 Å². The van der Waals surface area contributed by atoms with Gasteiger partial charge in [-0.1, -0.05) is 31.2 Å². The Morgan fingerprint density at radius 2 is 1.74 bits per heavy atom. The fraction of sp³-hybridized carbons (Fsp3) is 0.360. The van der Waals surface area contributed by atoms with E-state index in [9.17, 15) is 24.3 Å². The molecule has 6 N–H and O–H groups in total. The first-order valence-corrected chi connectivity index (χ1v) is 11.5. The van der Waals surface area contributed by atoms with Crippen molar-refractivity contribution in [2.45, 2.75) is 37.8 Å². The SMILES string of the molecule is COC(Oc1ccccc1)C(=O)OC(=O)[C@@H](N)C(NC(Cc1ccc2c(c1)OCO2)C(=O)O)C(C)C(N)=O. The van der Waals surface area contributed by atoms with Gasteiger partial charge in [-0.05, 0) is 36.2 Å². The van der Waals surface area contributed by atoms with E-state index in [0.717, 1.165) is 0 Å². The highest BCUT2D eigenvalue weighted by Crippen LogP contribution is 2.32. The van der Waals surface area contributed by atoms with Crippen molar-refractivity contribution < 1.29 is 48.0 Å². The summed E-state index contributed by atoms with van der Waals surface area (Å²) < 4.78 is 25.7. The number of carbonyl (C=O) groups excluding carboxylic acids is 3. The summed E-state index contributed by atoms with van der Waals surface area (Å²) in [6.45, 7) is 1.42.